The summed E-state index contributed by atoms with van der Waals surface area (Å²) in [7, 11) is 1.78. The van der Waals surface area contributed by atoms with Gasteiger partial charge in [0.05, 0.1) is 12.6 Å². The normalized spacial score (nSPS) is 27.1. The van der Waals surface area contributed by atoms with E-state index in [4.69, 9.17) is 4.74 Å². The first kappa shape index (κ1) is 10.6. The Morgan fingerprint density at radius 1 is 1.59 bits per heavy atom. The second kappa shape index (κ2) is 4.37. The van der Waals surface area contributed by atoms with E-state index in [0.29, 0.717) is 5.92 Å². The number of likely N-dealkylation sites (tertiary alicyclic amines) is 1. The quantitative estimate of drug-likeness (QED) is 0.861. The van der Waals surface area contributed by atoms with Gasteiger partial charge in [0.15, 0.2) is 0 Å². The van der Waals surface area contributed by atoms with Crippen LogP contribution in [0, 0.1) is 5.92 Å². The molecule has 17 heavy (non-hydrogen) atoms. The second-order valence-electron chi connectivity index (χ2n) is 4.53. The summed E-state index contributed by atoms with van der Waals surface area (Å²) >= 11 is 0. The van der Waals surface area contributed by atoms with Crippen LogP contribution in [0.4, 0.5) is 0 Å². The van der Waals surface area contributed by atoms with E-state index < -0.39 is 0 Å². The van der Waals surface area contributed by atoms with Crippen molar-refractivity contribution in [3.63, 3.8) is 0 Å². The van der Waals surface area contributed by atoms with Crippen LogP contribution in [-0.4, -0.2) is 34.6 Å². The van der Waals surface area contributed by atoms with E-state index in [2.05, 4.69) is 33.1 Å². The summed E-state index contributed by atoms with van der Waals surface area (Å²) in [6.07, 6.45) is 11.5. The topological polar surface area (TPSA) is 41.1 Å². The van der Waals surface area contributed by atoms with Gasteiger partial charge in [0.25, 0.3) is 0 Å². The molecule has 2 unspecified atom stereocenters. The van der Waals surface area contributed by atoms with Gasteiger partial charge in [-0.1, -0.05) is 12.2 Å². The lowest BCUT2D eigenvalue weighted by Crippen LogP contribution is -2.26. The summed E-state index contributed by atoms with van der Waals surface area (Å²) in [6.45, 7) is 1.94. The molecule has 1 aromatic heterocycles. The number of rotatable bonds is 3. The molecule has 2 atom stereocenters. The van der Waals surface area contributed by atoms with Gasteiger partial charge in [-0.25, -0.2) is 4.98 Å². The van der Waals surface area contributed by atoms with Crippen LogP contribution in [0.15, 0.2) is 36.3 Å². The lowest BCUT2D eigenvalue weighted by Gasteiger charge is -2.26. The van der Waals surface area contributed by atoms with Crippen molar-refractivity contribution < 1.29 is 4.74 Å². The predicted octanol–water partition coefficient (Wildman–Crippen LogP) is 1.70. The molecular weight excluding hydrogens is 214 g/mol. The van der Waals surface area contributed by atoms with E-state index >= 15 is 0 Å². The Morgan fingerprint density at radius 3 is 3.29 bits per heavy atom. The summed E-state index contributed by atoms with van der Waals surface area (Å²) in [4.78, 5) is 9.83. The number of nitrogens with zero attached hydrogens (tertiary/aromatic N) is 2. The van der Waals surface area contributed by atoms with Gasteiger partial charge in [0.1, 0.15) is 5.82 Å². The summed E-state index contributed by atoms with van der Waals surface area (Å²) in [6, 6.07) is 0. The van der Waals surface area contributed by atoms with Crippen LogP contribution < -0.4 is 0 Å². The van der Waals surface area contributed by atoms with Crippen LogP contribution >= 0.6 is 0 Å². The van der Waals surface area contributed by atoms with Crippen molar-refractivity contribution in [3.8, 4) is 0 Å². The van der Waals surface area contributed by atoms with Crippen LogP contribution in [0.2, 0.25) is 0 Å². The summed E-state index contributed by atoms with van der Waals surface area (Å²) in [5, 5.41) is 0. The first-order chi connectivity index (χ1) is 8.38. The Hall–Kier alpha value is -1.55. The highest BCUT2D eigenvalue weighted by Gasteiger charge is 2.34. The van der Waals surface area contributed by atoms with Crippen molar-refractivity contribution in [2.24, 2.45) is 5.92 Å². The predicted molar refractivity (Wildman–Crippen MR) is 65.1 cm³/mol. The van der Waals surface area contributed by atoms with Gasteiger partial charge in [0.2, 0.25) is 0 Å². The molecule has 1 aliphatic heterocycles. The molecule has 4 nitrogen and oxygen atoms in total. The molecule has 1 saturated heterocycles. The van der Waals surface area contributed by atoms with Crippen molar-refractivity contribution in [3.05, 3.63) is 42.1 Å². The summed E-state index contributed by atoms with van der Waals surface area (Å²) < 4.78 is 5.51. The fraction of sp³-hybridized carbons (Fsp3) is 0.462. The van der Waals surface area contributed by atoms with Crippen LogP contribution in [0.3, 0.4) is 0 Å². The minimum atomic E-state index is 0.233. The van der Waals surface area contributed by atoms with Gasteiger partial charge >= 0.3 is 0 Å². The van der Waals surface area contributed by atoms with E-state index in [1.54, 1.807) is 13.3 Å². The number of hydrogen-bond donors (Lipinski definition) is 1. The zero-order chi connectivity index (χ0) is 11.7. The third kappa shape index (κ3) is 1.89. The Labute approximate surface area is 101 Å². The van der Waals surface area contributed by atoms with Crippen molar-refractivity contribution in [1.29, 1.82) is 0 Å². The number of imidazole rings is 1. The molecule has 2 heterocycles. The molecule has 1 aliphatic carbocycles. The maximum Gasteiger partial charge on any atom is 0.125 e. The van der Waals surface area contributed by atoms with Gasteiger partial charge in [-0.15, -0.1) is 0 Å². The summed E-state index contributed by atoms with van der Waals surface area (Å²) in [5.74, 6) is 1.54. The highest BCUT2D eigenvalue weighted by Crippen LogP contribution is 2.35. The molecule has 4 heteroatoms. The standard InChI is InChI=1S/C13H17N3O/c1-17-12-4-2-3-11-10(12)5-8-16(11)9-13-14-6-7-15-13/h2-4,6-7,10,12H,5,8-9H2,1H3,(H,14,15). The van der Waals surface area contributed by atoms with E-state index in [1.807, 2.05) is 6.20 Å². The van der Waals surface area contributed by atoms with Crippen LogP contribution in [-0.2, 0) is 11.3 Å². The average molecular weight is 231 g/mol. The molecule has 0 amide bonds. The highest BCUT2D eigenvalue weighted by atomic mass is 16.5. The lowest BCUT2D eigenvalue weighted by atomic mass is 9.94. The van der Waals surface area contributed by atoms with Gasteiger partial charge < -0.3 is 14.6 Å². The Kier molecular flexibility index (Phi) is 2.73. The number of ether oxygens (including phenoxy) is 1. The first-order valence-corrected chi connectivity index (χ1v) is 6.03. The second-order valence-corrected chi connectivity index (χ2v) is 4.53. The van der Waals surface area contributed by atoms with Crippen LogP contribution in [0.5, 0.6) is 0 Å². The molecule has 0 bridgehead atoms. The third-order valence-corrected chi connectivity index (χ3v) is 3.59. The zero-order valence-electron chi connectivity index (χ0n) is 9.97. The molecule has 2 aliphatic rings. The van der Waals surface area contributed by atoms with E-state index in [0.717, 1.165) is 25.3 Å². The molecule has 1 N–H and O–H groups in total. The fourth-order valence-electron chi connectivity index (χ4n) is 2.74. The Morgan fingerprint density at radius 2 is 2.53 bits per heavy atom. The van der Waals surface area contributed by atoms with Crippen molar-refractivity contribution in [2.45, 2.75) is 19.1 Å². The lowest BCUT2D eigenvalue weighted by molar-refractivity contribution is 0.102. The van der Waals surface area contributed by atoms with E-state index in [1.165, 1.54) is 5.70 Å². The van der Waals surface area contributed by atoms with E-state index in [-0.39, 0.29) is 6.10 Å². The Bertz CT molecular complexity index is 436. The first-order valence-electron chi connectivity index (χ1n) is 6.03. The third-order valence-electron chi connectivity index (χ3n) is 3.59. The number of aromatic amines is 1. The average Bonchev–Trinajstić information content (AvgIpc) is 2.99. The van der Waals surface area contributed by atoms with Crippen molar-refractivity contribution in [2.75, 3.05) is 13.7 Å². The number of hydrogen-bond acceptors (Lipinski definition) is 3. The largest absolute Gasteiger partial charge is 0.377 e. The van der Waals surface area contributed by atoms with Crippen molar-refractivity contribution >= 4 is 0 Å². The number of allylic oxidation sites excluding steroid dienone is 2. The Balaban J connectivity index is 1.76. The maximum absolute atomic E-state index is 5.51. The van der Waals surface area contributed by atoms with Crippen LogP contribution in [0.1, 0.15) is 12.2 Å². The molecule has 3 rings (SSSR count). The van der Waals surface area contributed by atoms with E-state index in [9.17, 15) is 0 Å². The number of nitrogens with one attached hydrogen (secondary N) is 1. The fourth-order valence-corrected chi connectivity index (χ4v) is 2.74. The smallest absolute Gasteiger partial charge is 0.125 e. The monoisotopic (exact) mass is 231 g/mol. The van der Waals surface area contributed by atoms with Gasteiger partial charge in [-0.05, 0) is 12.5 Å². The molecule has 0 saturated carbocycles. The van der Waals surface area contributed by atoms with Gasteiger partial charge in [0, 0.05) is 37.7 Å². The molecule has 0 aromatic carbocycles. The molecule has 0 spiro atoms. The van der Waals surface area contributed by atoms with Gasteiger partial charge in [-0.2, -0.15) is 0 Å². The SMILES string of the molecule is COC1C=CC=C2C1CCN2Cc1ncc[nH]1. The van der Waals surface area contributed by atoms with Crippen molar-refractivity contribution in [1.82, 2.24) is 14.9 Å². The van der Waals surface area contributed by atoms with Gasteiger partial charge in [-0.3, -0.25) is 0 Å². The molecule has 1 fully saturated rings. The molecule has 0 radical (unpaired) electrons. The summed E-state index contributed by atoms with van der Waals surface area (Å²) in [5.41, 5.74) is 1.38. The molecular formula is C13H17N3O. The molecule has 1 aromatic rings. The highest BCUT2D eigenvalue weighted by molar-refractivity contribution is 5.26. The number of aromatic nitrogens is 2. The maximum atomic E-state index is 5.51. The number of H-pyrrole nitrogens is 1. The number of methoxy groups -OCH3 is 1. The minimum Gasteiger partial charge on any atom is -0.377 e. The number of fused-ring (bicyclic) bond motifs is 1. The minimum absolute atomic E-state index is 0.233. The molecule has 90 valence electrons. The zero-order valence-corrected chi connectivity index (χ0v) is 9.97. The van der Waals surface area contributed by atoms with Crippen LogP contribution in [0.25, 0.3) is 0 Å².